The van der Waals surface area contributed by atoms with Gasteiger partial charge in [0.15, 0.2) is 6.29 Å². The Morgan fingerprint density at radius 1 is 0.898 bits per heavy atom. The van der Waals surface area contributed by atoms with Gasteiger partial charge in [0.25, 0.3) is 5.56 Å². The van der Waals surface area contributed by atoms with Crippen LogP contribution >= 0.6 is 23.2 Å². The minimum atomic E-state index is -0.357. The van der Waals surface area contributed by atoms with E-state index < -0.39 is 0 Å². The number of hydrogen-bond donors (Lipinski definition) is 0. The first kappa shape index (κ1) is 32.4. The molecular formula is C35H30Cl2N6O6. The van der Waals surface area contributed by atoms with Gasteiger partial charge in [-0.25, -0.2) is 9.19 Å². The summed E-state index contributed by atoms with van der Waals surface area (Å²) in [6.07, 6.45) is 8.61. The maximum absolute atomic E-state index is 13.3. The first-order valence-corrected chi connectivity index (χ1v) is 16.4. The van der Waals surface area contributed by atoms with E-state index in [0.717, 1.165) is 0 Å². The number of nitrogens with zero attached hydrogens (tertiary/aromatic N) is 6. The third-order valence-electron chi connectivity index (χ3n) is 8.66. The molecule has 2 saturated heterocycles. The third-order valence-corrected chi connectivity index (χ3v) is 9.47. The van der Waals surface area contributed by atoms with E-state index in [1.54, 1.807) is 35.8 Å². The molecule has 0 saturated carbocycles. The van der Waals surface area contributed by atoms with Crippen molar-refractivity contribution >= 4 is 53.3 Å². The Morgan fingerprint density at radius 3 is 2.12 bits per heavy atom. The highest BCUT2D eigenvalue weighted by atomic mass is 35.5. The van der Waals surface area contributed by atoms with E-state index in [4.69, 9.17) is 32.7 Å². The summed E-state index contributed by atoms with van der Waals surface area (Å²) < 4.78 is 15.0. The average molecular weight is 702 g/mol. The van der Waals surface area contributed by atoms with E-state index in [2.05, 4.69) is 10.2 Å². The third kappa shape index (κ3) is 6.49. The number of carbonyl (C=O) groups is 3. The molecule has 0 aliphatic carbocycles. The first-order chi connectivity index (χ1) is 23.7. The van der Waals surface area contributed by atoms with Gasteiger partial charge in [-0.15, -0.1) is 0 Å². The molecular weight excluding hydrogens is 671 g/mol. The van der Waals surface area contributed by atoms with Gasteiger partial charge in [-0.1, -0.05) is 59.6 Å². The summed E-state index contributed by atoms with van der Waals surface area (Å²) in [5.74, 6) is -0.463. The van der Waals surface area contributed by atoms with Gasteiger partial charge in [0.1, 0.15) is 36.1 Å². The van der Waals surface area contributed by atoms with Crippen molar-refractivity contribution in [1.82, 2.24) is 23.8 Å². The Morgan fingerprint density at radius 2 is 1.51 bits per heavy atom. The molecule has 0 N–H and O–H groups in total. The molecule has 2 fully saturated rings. The fraction of sp³-hybridized carbons (Fsp3) is 0.257. The number of esters is 2. The minimum Gasteiger partial charge on any atom is -0.460 e. The average Bonchev–Trinajstić information content (AvgIpc) is 3.89. The summed E-state index contributed by atoms with van der Waals surface area (Å²) in [4.78, 5) is 50.0. The topological polar surface area (TPSA) is 129 Å². The number of hydrogen-bond acceptors (Lipinski definition) is 8. The number of benzene rings is 2. The fourth-order valence-corrected chi connectivity index (χ4v) is 6.86. The molecule has 3 aromatic heterocycles. The van der Waals surface area contributed by atoms with Crippen LogP contribution in [0.4, 0.5) is 0 Å². The summed E-state index contributed by atoms with van der Waals surface area (Å²) in [6, 6.07) is 14.6. The Labute approximate surface area is 290 Å². The van der Waals surface area contributed by atoms with Crippen molar-refractivity contribution in [2.75, 3.05) is 13.6 Å². The molecule has 0 radical (unpaired) electrons. The van der Waals surface area contributed by atoms with Crippen LogP contribution in [0.2, 0.25) is 10.0 Å². The molecule has 2 unspecified atom stereocenters. The Kier molecular flexibility index (Phi) is 8.82. The van der Waals surface area contributed by atoms with Gasteiger partial charge in [0, 0.05) is 65.7 Å². The maximum atomic E-state index is 13.3. The summed E-state index contributed by atoms with van der Waals surface area (Å²) in [6.45, 7) is 0.723. The smallest absolute Gasteiger partial charge is 0.306 e. The molecule has 0 spiro atoms. The molecule has 2 atom stereocenters. The molecule has 5 aromatic rings. The quantitative estimate of drug-likeness (QED) is 0.0803. The normalized spacial score (nSPS) is 17.6. The van der Waals surface area contributed by atoms with Crippen molar-refractivity contribution in [2.24, 2.45) is 5.10 Å². The second-order valence-electron chi connectivity index (χ2n) is 12.1. The van der Waals surface area contributed by atoms with Crippen LogP contribution in [0.1, 0.15) is 36.2 Å². The number of ether oxygens (including phenoxy) is 2. The van der Waals surface area contributed by atoms with Gasteiger partial charge in [-0.3, -0.25) is 23.7 Å². The zero-order valence-corrected chi connectivity index (χ0v) is 27.8. The molecule has 2 aliphatic rings. The van der Waals surface area contributed by atoms with Crippen LogP contribution in [0.5, 0.6) is 0 Å². The van der Waals surface area contributed by atoms with Gasteiger partial charge >= 0.3 is 11.9 Å². The maximum Gasteiger partial charge on any atom is 0.306 e. The van der Waals surface area contributed by atoms with Crippen LogP contribution in [-0.2, 0) is 25.6 Å². The van der Waals surface area contributed by atoms with E-state index in [9.17, 15) is 19.2 Å². The number of rotatable bonds is 10. The number of halogens is 2. The van der Waals surface area contributed by atoms with Crippen molar-refractivity contribution in [2.45, 2.75) is 44.4 Å². The Balaban J connectivity index is 1.16. The largest absolute Gasteiger partial charge is 0.460 e. The van der Waals surface area contributed by atoms with Gasteiger partial charge in [-0.2, -0.15) is 10.2 Å². The lowest BCUT2D eigenvalue weighted by Crippen LogP contribution is -2.28. The molecule has 49 heavy (non-hydrogen) atoms. The van der Waals surface area contributed by atoms with Crippen LogP contribution in [0, 0.1) is 0 Å². The second-order valence-corrected chi connectivity index (χ2v) is 12.8. The standard InChI is InChI=1S/C35H30Cl2N6O6/c1-40(16-24-8-10-31(45)48-24)19-38-42-14-21(12-23(42)18-44)26-4-2-6-28(33(26)36)29-7-3-5-27(34(29)37)22-13-30-35(47)41(20-39-43(30)15-22)17-25-9-11-32(46)49-25/h2-7,12-15,18-20,24-25H,8-11,16-17H2,1H3/b38-19-. The highest BCUT2D eigenvalue weighted by molar-refractivity contribution is 6.39. The molecule has 0 bridgehead atoms. The first-order valence-electron chi connectivity index (χ1n) is 15.7. The van der Waals surface area contributed by atoms with E-state index >= 15 is 0 Å². The molecule has 7 rings (SSSR count). The minimum absolute atomic E-state index is 0.193. The Hall–Kier alpha value is -5.20. The summed E-state index contributed by atoms with van der Waals surface area (Å²) in [5.41, 5.74) is 4.51. The molecule has 5 heterocycles. The highest BCUT2D eigenvalue weighted by Gasteiger charge is 2.25. The number of aldehydes is 1. The van der Waals surface area contributed by atoms with Crippen LogP contribution in [0.25, 0.3) is 38.9 Å². The molecule has 12 nitrogen and oxygen atoms in total. The number of cyclic esters (lactones) is 2. The van der Waals surface area contributed by atoms with Crippen LogP contribution in [-0.4, -0.2) is 74.1 Å². The number of likely N-dealkylation sites (N-methyl/N-ethyl adjacent to an activating group) is 1. The monoisotopic (exact) mass is 700 g/mol. The summed E-state index contributed by atoms with van der Waals surface area (Å²) in [5, 5.41) is 9.71. The van der Waals surface area contributed by atoms with Gasteiger partial charge in [-0.05, 0) is 25.0 Å². The van der Waals surface area contributed by atoms with Crippen LogP contribution in [0.3, 0.4) is 0 Å². The second kappa shape index (κ2) is 13.4. The zero-order chi connectivity index (χ0) is 34.2. The molecule has 2 aliphatic heterocycles. The molecule has 0 amide bonds. The lowest BCUT2D eigenvalue weighted by Gasteiger charge is -2.17. The lowest BCUT2D eigenvalue weighted by atomic mass is 9.97. The molecule has 250 valence electrons. The van der Waals surface area contributed by atoms with Gasteiger partial charge < -0.3 is 14.4 Å². The van der Waals surface area contributed by atoms with E-state index in [-0.39, 0.29) is 36.3 Å². The van der Waals surface area contributed by atoms with Gasteiger partial charge in [0.05, 0.1) is 23.1 Å². The van der Waals surface area contributed by atoms with Crippen molar-refractivity contribution in [3.05, 3.63) is 93.3 Å². The predicted molar refractivity (Wildman–Crippen MR) is 184 cm³/mol. The van der Waals surface area contributed by atoms with Crippen LogP contribution < -0.4 is 5.56 Å². The van der Waals surface area contributed by atoms with E-state index in [0.29, 0.717) is 93.2 Å². The van der Waals surface area contributed by atoms with Crippen molar-refractivity contribution in [1.29, 1.82) is 0 Å². The van der Waals surface area contributed by atoms with Crippen molar-refractivity contribution in [3.63, 3.8) is 0 Å². The Bertz CT molecular complexity index is 2200. The summed E-state index contributed by atoms with van der Waals surface area (Å²) in [7, 11) is 1.82. The molecule has 2 aromatic carbocycles. The molecule has 14 heteroatoms. The van der Waals surface area contributed by atoms with Crippen molar-refractivity contribution < 1.29 is 23.9 Å². The lowest BCUT2D eigenvalue weighted by molar-refractivity contribution is -0.142. The highest BCUT2D eigenvalue weighted by Crippen LogP contribution is 2.42. The van der Waals surface area contributed by atoms with Crippen LogP contribution in [0.15, 0.2) is 77.1 Å². The zero-order valence-electron chi connectivity index (χ0n) is 26.3. The number of carbonyl (C=O) groups excluding carboxylic acids is 3. The SMILES string of the molecule is CN(/C=N\n1cc(-c2cccc(-c3cccc(-c4cc5c(=O)n(CC6CCC(=O)O6)cnn5c4)c3Cl)c2Cl)cc1C=O)CC1CCC(=O)O1. The van der Waals surface area contributed by atoms with Gasteiger partial charge in [0.2, 0.25) is 0 Å². The number of fused-ring (bicyclic) bond motifs is 1. The number of aromatic nitrogens is 4. The predicted octanol–water partition coefficient (Wildman–Crippen LogP) is 5.55. The van der Waals surface area contributed by atoms with E-state index in [1.807, 2.05) is 43.4 Å². The van der Waals surface area contributed by atoms with Crippen molar-refractivity contribution in [3.8, 4) is 33.4 Å². The van der Waals surface area contributed by atoms with E-state index in [1.165, 1.54) is 20.1 Å². The fourth-order valence-electron chi connectivity index (χ4n) is 6.19. The summed E-state index contributed by atoms with van der Waals surface area (Å²) >= 11 is 14.1.